The van der Waals surface area contributed by atoms with Crippen LogP contribution in [0.15, 0.2) is 95.6 Å². The summed E-state index contributed by atoms with van der Waals surface area (Å²) in [6.45, 7) is 4.24. The third-order valence-corrected chi connectivity index (χ3v) is 11.0. The number of hydrogen-bond donors (Lipinski definition) is 3. The summed E-state index contributed by atoms with van der Waals surface area (Å²) in [5.41, 5.74) is 4.46. The van der Waals surface area contributed by atoms with E-state index < -0.39 is 23.9 Å². The monoisotopic (exact) mass is 698 g/mol. The van der Waals surface area contributed by atoms with Crippen LogP contribution in [0.3, 0.4) is 0 Å². The Kier molecular flexibility index (Phi) is 11.7. The fraction of sp³-hybridized carbons (Fsp3) is 0.415. The number of carbonyl (C=O) groups excluding carboxylic acids is 2. The number of ether oxygens (including phenoxy) is 1. The first-order chi connectivity index (χ1) is 24.3. The molecule has 6 rings (SSSR count). The van der Waals surface area contributed by atoms with Gasteiger partial charge in [0.1, 0.15) is 18.1 Å². The number of aliphatic hydroxyl groups is 2. The van der Waals surface area contributed by atoms with Gasteiger partial charge in [0.2, 0.25) is 11.8 Å². The van der Waals surface area contributed by atoms with Gasteiger partial charge in [-0.2, -0.15) is 0 Å². The first kappa shape index (κ1) is 35.9. The number of aliphatic hydroxyl groups excluding tert-OH is 2. The molecule has 0 unspecified atom stereocenters. The summed E-state index contributed by atoms with van der Waals surface area (Å²) in [4.78, 5) is 32.2. The van der Waals surface area contributed by atoms with Crippen molar-refractivity contribution in [1.82, 2.24) is 9.80 Å². The molecule has 0 aromatic heterocycles. The van der Waals surface area contributed by atoms with E-state index in [1.165, 1.54) is 16.5 Å². The summed E-state index contributed by atoms with van der Waals surface area (Å²) in [5, 5.41) is 32.9. The number of aromatic hydroxyl groups is 1. The standard InChI is InChI=1S/C41H47ClN2O6/c1-2-27(21-29-14-15-32(46)23-36(29)42)13-16-37(47)38-30(26-50-33-11-7-4-8-12-33)22-34-39(35(38)25-45)41(49)44(40(34)48)31-17-19-43(20-18-31)24-28-9-5-3-6-10-28/h3-12,14-15,21,23,31,34-35,37,39,45-47H,2,13,16-20,22,24-26H2,1H3/b27-21+/t34-,35+,37-,39-/m1/s1. The molecule has 2 aliphatic heterocycles. The van der Waals surface area contributed by atoms with E-state index in [0.717, 1.165) is 42.8 Å². The first-order valence-corrected chi connectivity index (χ1v) is 18.1. The molecule has 0 bridgehead atoms. The summed E-state index contributed by atoms with van der Waals surface area (Å²) in [7, 11) is 0. The van der Waals surface area contributed by atoms with Crippen LogP contribution in [0.1, 0.15) is 56.6 Å². The summed E-state index contributed by atoms with van der Waals surface area (Å²) < 4.78 is 6.17. The number of halogens is 1. The third kappa shape index (κ3) is 8.00. The van der Waals surface area contributed by atoms with E-state index in [0.29, 0.717) is 48.4 Å². The zero-order chi connectivity index (χ0) is 35.2. The van der Waals surface area contributed by atoms with Gasteiger partial charge in [-0.05, 0) is 91.1 Å². The number of amides is 2. The SMILES string of the molecule is CC/C(=C\c1ccc(O)cc1Cl)CC[C@@H](O)C1=C(COc2ccccc2)C[C@H]2C(=O)N(C3CCN(Cc4ccccc4)CC3)C(=O)[C@H]2[C@H]1CO. The summed E-state index contributed by atoms with van der Waals surface area (Å²) in [6, 6.07) is 24.4. The number of rotatable bonds is 13. The molecule has 4 atom stereocenters. The summed E-state index contributed by atoms with van der Waals surface area (Å²) in [6.07, 6.45) is 4.38. The molecule has 3 N–H and O–H groups in total. The predicted molar refractivity (Wildman–Crippen MR) is 194 cm³/mol. The van der Waals surface area contributed by atoms with Crippen molar-refractivity contribution in [2.75, 3.05) is 26.3 Å². The van der Waals surface area contributed by atoms with Crippen LogP contribution < -0.4 is 4.74 Å². The van der Waals surface area contributed by atoms with E-state index in [-0.39, 0.29) is 36.8 Å². The van der Waals surface area contributed by atoms with Crippen LogP contribution in [0.2, 0.25) is 5.02 Å². The fourth-order valence-corrected chi connectivity index (χ4v) is 8.25. The van der Waals surface area contributed by atoms with E-state index in [1.54, 1.807) is 12.1 Å². The van der Waals surface area contributed by atoms with Crippen molar-refractivity contribution in [3.8, 4) is 11.5 Å². The van der Waals surface area contributed by atoms with Crippen LogP contribution in [0.25, 0.3) is 6.08 Å². The number of nitrogens with zero attached hydrogens (tertiary/aromatic N) is 2. The lowest BCUT2D eigenvalue weighted by atomic mass is 9.68. The molecule has 2 amide bonds. The molecule has 3 aromatic rings. The Morgan fingerprint density at radius 2 is 1.70 bits per heavy atom. The number of hydrogen-bond acceptors (Lipinski definition) is 7. The number of fused-ring (bicyclic) bond motifs is 1. The van der Waals surface area contributed by atoms with Gasteiger partial charge in [0.15, 0.2) is 0 Å². The number of allylic oxidation sites excluding steroid dienone is 1. The third-order valence-electron chi connectivity index (χ3n) is 10.6. The van der Waals surface area contributed by atoms with Gasteiger partial charge < -0.3 is 20.1 Å². The Morgan fingerprint density at radius 3 is 2.36 bits per heavy atom. The van der Waals surface area contributed by atoms with Crippen molar-refractivity contribution in [1.29, 1.82) is 0 Å². The van der Waals surface area contributed by atoms with Crippen LogP contribution in [-0.2, 0) is 16.1 Å². The molecule has 3 aliphatic rings. The predicted octanol–water partition coefficient (Wildman–Crippen LogP) is 6.63. The van der Waals surface area contributed by atoms with Crippen molar-refractivity contribution < 1.29 is 29.6 Å². The van der Waals surface area contributed by atoms with Crippen molar-refractivity contribution in [3.05, 3.63) is 112 Å². The Balaban J connectivity index is 1.21. The van der Waals surface area contributed by atoms with Gasteiger partial charge >= 0.3 is 0 Å². The maximum atomic E-state index is 14.2. The number of likely N-dealkylation sites (tertiary alicyclic amines) is 2. The second-order valence-corrected chi connectivity index (χ2v) is 14.1. The Labute approximate surface area is 299 Å². The normalized spacial score (nSPS) is 22.6. The van der Waals surface area contributed by atoms with E-state index in [4.69, 9.17) is 16.3 Å². The molecule has 2 saturated heterocycles. The van der Waals surface area contributed by atoms with Gasteiger partial charge in [-0.1, -0.05) is 78.7 Å². The molecule has 3 aromatic carbocycles. The van der Waals surface area contributed by atoms with Crippen molar-refractivity contribution in [2.24, 2.45) is 17.8 Å². The second kappa shape index (κ2) is 16.4. The lowest BCUT2D eigenvalue weighted by Gasteiger charge is -2.37. The second-order valence-electron chi connectivity index (χ2n) is 13.7. The number of phenols is 1. The molecular formula is C41H47ClN2O6. The van der Waals surface area contributed by atoms with Gasteiger partial charge in [-0.15, -0.1) is 0 Å². The molecule has 0 saturated carbocycles. The van der Waals surface area contributed by atoms with E-state index >= 15 is 0 Å². The maximum Gasteiger partial charge on any atom is 0.234 e. The van der Waals surface area contributed by atoms with Crippen LogP contribution in [0, 0.1) is 17.8 Å². The highest BCUT2D eigenvalue weighted by atomic mass is 35.5. The minimum absolute atomic E-state index is 0.0930. The largest absolute Gasteiger partial charge is 0.508 e. The zero-order valence-corrected chi connectivity index (χ0v) is 29.3. The van der Waals surface area contributed by atoms with E-state index in [9.17, 15) is 24.9 Å². The quantitative estimate of drug-likeness (QED) is 0.136. The average Bonchev–Trinajstić information content (AvgIpc) is 3.38. The minimum Gasteiger partial charge on any atom is -0.508 e. The maximum absolute atomic E-state index is 14.2. The molecule has 264 valence electrons. The Bertz CT molecular complexity index is 1700. The van der Waals surface area contributed by atoms with Gasteiger partial charge in [-0.25, -0.2) is 0 Å². The Hall–Kier alpha value is -3.95. The van der Waals surface area contributed by atoms with Gasteiger partial charge in [0.25, 0.3) is 0 Å². The number of phenolic OH excluding ortho intramolecular Hbond substituents is 1. The highest BCUT2D eigenvalue weighted by Crippen LogP contribution is 2.47. The number of benzene rings is 3. The van der Waals surface area contributed by atoms with Gasteiger partial charge in [0.05, 0.1) is 29.6 Å². The fourth-order valence-electron chi connectivity index (χ4n) is 8.02. The molecule has 0 radical (unpaired) electrons. The van der Waals surface area contributed by atoms with Crippen LogP contribution in [0.4, 0.5) is 0 Å². The van der Waals surface area contributed by atoms with E-state index in [2.05, 4.69) is 17.0 Å². The number of piperidine rings is 1. The molecule has 2 heterocycles. The number of carbonyl (C=O) groups is 2. The Morgan fingerprint density at radius 1 is 1.00 bits per heavy atom. The van der Waals surface area contributed by atoms with Crippen LogP contribution in [-0.4, -0.2) is 75.4 Å². The molecule has 1 aliphatic carbocycles. The summed E-state index contributed by atoms with van der Waals surface area (Å²) in [5.74, 6) is -1.67. The zero-order valence-electron chi connectivity index (χ0n) is 28.6. The molecular weight excluding hydrogens is 652 g/mol. The first-order valence-electron chi connectivity index (χ1n) is 17.8. The lowest BCUT2D eigenvalue weighted by molar-refractivity contribution is -0.144. The topological polar surface area (TPSA) is 111 Å². The van der Waals surface area contributed by atoms with Gasteiger partial charge in [-0.3, -0.25) is 19.4 Å². The number of para-hydroxylation sites is 1. The molecule has 8 nitrogen and oxygen atoms in total. The van der Waals surface area contributed by atoms with Crippen molar-refractivity contribution in [2.45, 2.75) is 64.1 Å². The highest BCUT2D eigenvalue weighted by molar-refractivity contribution is 6.32. The smallest absolute Gasteiger partial charge is 0.234 e. The van der Waals surface area contributed by atoms with Crippen LogP contribution >= 0.6 is 11.6 Å². The molecule has 9 heteroatoms. The molecule has 2 fully saturated rings. The summed E-state index contributed by atoms with van der Waals surface area (Å²) >= 11 is 6.37. The van der Waals surface area contributed by atoms with Crippen LogP contribution in [0.5, 0.6) is 11.5 Å². The van der Waals surface area contributed by atoms with Crippen molar-refractivity contribution in [3.63, 3.8) is 0 Å². The molecule has 0 spiro atoms. The average molecular weight is 699 g/mol. The lowest BCUT2D eigenvalue weighted by Crippen LogP contribution is -2.47. The number of imide groups is 1. The highest BCUT2D eigenvalue weighted by Gasteiger charge is 2.56. The van der Waals surface area contributed by atoms with Gasteiger partial charge in [0, 0.05) is 31.6 Å². The van der Waals surface area contributed by atoms with E-state index in [1.807, 2.05) is 61.5 Å². The van der Waals surface area contributed by atoms with Crippen molar-refractivity contribution >= 4 is 29.5 Å². The minimum atomic E-state index is -0.953. The molecule has 50 heavy (non-hydrogen) atoms.